The number of aliphatic carboxylic acids is 2. The van der Waals surface area contributed by atoms with Gasteiger partial charge in [0.2, 0.25) is 0 Å². The van der Waals surface area contributed by atoms with Crippen molar-refractivity contribution in [3.63, 3.8) is 0 Å². The van der Waals surface area contributed by atoms with Crippen LogP contribution in [0.25, 0.3) is 0 Å². The molecule has 9 heteroatoms. The maximum atomic E-state index is 9.55. The van der Waals surface area contributed by atoms with Crippen LogP contribution in [0.15, 0.2) is 60.7 Å². The van der Waals surface area contributed by atoms with Gasteiger partial charge in [0.15, 0.2) is 23.0 Å². The molecular weight excluding hydrogens is 430 g/mol. The fraction of sp³-hybridized carbons (Fsp3) is 0.333. The molecule has 0 bridgehead atoms. The Morgan fingerprint density at radius 3 is 1.97 bits per heavy atom. The van der Waals surface area contributed by atoms with Gasteiger partial charge in [-0.1, -0.05) is 24.3 Å². The molecule has 0 aliphatic carbocycles. The number of likely N-dealkylation sites (tertiary alicyclic amines) is 1. The van der Waals surface area contributed by atoms with E-state index in [4.69, 9.17) is 29.2 Å². The zero-order chi connectivity index (χ0) is 24.1. The molecule has 0 saturated carbocycles. The molecule has 0 aromatic heterocycles. The molecule has 1 saturated heterocycles. The van der Waals surface area contributed by atoms with Crippen molar-refractivity contribution in [3.05, 3.63) is 60.7 Å². The van der Waals surface area contributed by atoms with Crippen LogP contribution in [0.5, 0.6) is 23.0 Å². The first-order valence-electron chi connectivity index (χ1n) is 10.3. The summed E-state index contributed by atoms with van der Waals surface area (Å²) in [5.41, 5.74) is 0. The third-order valence-electron chi connectivity index (χ3n) is 4.69. The highest BCUT2D eigenvalue weighted by molar-refractivity contribution is 5.89. The molecule has 2 aromatic carbocycles. The summed E-state index contributed by atoms with van der Waals surface area (Å²) in [5.74, 6) is 0.620. The van der Waals surface area contributed by atoms with E-state index in [0.29, 0.717) is 18.8 Å². The molecule has 2 N–H and O–H groups in total. The van der Waals surface area contributed by atoms with Gasteiger partial charge in [0.25, 0.3) is 0 Å². The molecule has 2 aromatic rings. The number of carbonyl (C=O) groups is 2. The summed E-state index contributed by atoms with van der Waals surface area (Å²) in [6, 6.07) is 15.5. The van der Waals surface area contributed by atoms with Gasteiger partial charge in [0, 0.05) is 31.8 Å². The molecule has 1 fully saturated rings. The number of benzene rings is 2. The topological polar surface area (TPSA) is 115 Å². The largest absolute Gasteiger partial charge is 0.493 e. The zero-order valence-electron chi connectivity index (χ0n) is 18.7. The first kappa shape index (κ1) is 25.5. The van der Waals surface area contributed by atoms with Crippen LogP contribution in [-0.4, -0.2) is 73.6 Å². The first-order chi connectivity index (χ1) is 15.9. The summed E-state index contributed by atoms with van der Waals surface area (Å²) in [7, 11) is 3.32. The highest BCUT2D eigenvalue weighted by atomic mass is 16.5. The van der Waals surface area contributed by atoms with Gasteiger partial charge in [-0.3, -0.25) is 4.90 Å². The lowest BCUT2D eigenvalue weighted by molar-refractivity contribution is -0.134. The summed E-state index contributed by atoms with van der Waals surface area (Å²) in [5, 5.41) is 15.6. The normalized spacial score (nSPS) is 15.4. The Bertz CT molecular complexity index is 914. The average molecular weight is 459 g/mol. The molecule has 3 rings (SSSR count). The monoisotopic (exact) mass is 459 g/mol. The molecule has 0 radical (unpaired) electrons. The van der Waals surface area contributed by atoms with Crippen LogP contribution < -0.4 is 18.9 Å². The minimum atomic E-state index is -1.26. The maximum Gasteiger partial charge on any atom is 0.328 e. The van der Waals surface area contributed by atoms with E-state index in [0.717, 1.165) is 49.1 Å². The predicted molar refractivity (Wildman–Crippen MR) is 121 cm³/mol. The molecule has 1 aliphatic rings. The standard InChI is InChI=1S/C20H25NO4.C4H4O4/c1-22-17-7-3-5-9-19(17)24-14-13-21-12-11-16(15-21)25-20-10-6-4-8-18(20)23-2;5-3(6)1-2-4(7)8/h3-10,16H,11-15H2,1-2H3;1-2H,(H,5,6)(H,7,8)/b;2-1+. The minimum Gasteiger partial charge on any atom is -0.493 e. The summed E-state index contributed by atoms with van der Waals surface area (Å²) in [6.45, 7) is 3.40. The minimum absolute atomic E-state index is 0.183. The Morgan fingerprint density at radius 1 is 0.909 bits per heavy atom. The van der Waals surface area contributed by atoms with Crippen molar-refractivity contribution in [1.82, 2.24) is 4.90 Å². The van der Waals surface area contributed by atoms with Crippen molar-refractivity contribution in [2.75, 3.05) is 40.5 Å². The predicted octanol–water partition coefficient (Wildman–Crippen LogP) is 2.95. The number of carboxylic acid groups (broad SMARTS) is 2. The molecular formula is C24H29NO8. The summed E-state index contributed by atoms with van der Waals surface area (Å²) in [6.07, 6.45) is 2.31. The van der Waals surface area contributed by atoms with E-state index in [-0.39, 0.29) is 6.10 Å². The fourth-order valence-corrected chi connectivity index (χ4v) is 3.16. The molecule has 33 heavy (non-hydrogen) atoms. The second-order valence-electron chi connectivity index (χ2n) is 6.99. The number of hydrogen-bond donors (Lipinski definition) is 2. The Labute approximate surface area is 192 Å². The van der Waals surface area contributed by atoms with Gasteiger partial charge in [0.1, 0.15) is 12.7 Å². The molecule has 178 valence electrons. The van der Waals surface area contributed by atoms with Gasteiger partial charge in [0.05, 0.1) is 14.2 Å². The van der Waals surface area contributed by atoms with Gasteiger partial charge in [-0.2, -0.15) is 0 Å². The van der Waals surface area contributed by atoms with Gasteiger partial charge >= 0.3 is 11.9 Å². The number of rotatable bonds is 10. The molecule has 1 unspecified atom stereocenters. The van der Waals surface area contributed by atoms with Crippen molar-refractivity contribution < 1.29 is 38.7 Å². The summed E-state index contributed by atoms with van der Waals surface area (Å²) >= 11 is 0. The van der Waals surface area contributed by atoms with Gasteiger partial charge in [-0.25, -0.2) is 9.59 Å². The van der Waals surface area contributed by atoms with Gasteiger partial charge in [-0.15, -0.1) is 0 Å². The number of nitrogens with zero attached hydrogens (tertiary/aromatic N) is 1. The lowest BCUT2D eigenvalue weighted by Gasteiger charge is -2.18. The van der Waals surface area contributed by atoms with Crippen molar-refractivity contribution in [2.45, 2.75) is 12.5 Å². The molecule has 1 aliphatic heterocycles. The smallest absolute Gasteiger partial charge is 0.328 e. The highest BCUT2D eigenvalue weighted by Crippen LogP contribution is 2.29. The molecule has 0 amide bonds. The van der Waals surface area contributed by atoms with Crippen LogP contribution in [0.2, 0.25) is 0 Å². The van der Waals surface area contributed by atoms with Crippen molar-refractivity contribution in [2.24, 2.45) is 0 Å². The van der Waals surface area contributed by atoms with Crippen LogP contribution in [0.1, 0.15) is 6.42 Å². The summed E-state index contributed by atoms with van der Waals surface area (Å²) in [4.78, 5) is 21.5. The maximum absolute atomic E-state index is 9.55. The van der Waals surface area contributed by atoms with Crippen LogP contribution in [0.3, 0.4) is 0 Å². The van der Waals surface area contributed by atoms with Crippen molar-refractivity contribution in [1.29, 1.82) is 0 Å². The van der Waals surface area contributed by atoms with Crippen LogP contribution in [0, 0.1) is 0 Å². The average Bonchev–Trinajstić information content (AvgIpc) is 3.26. The second-order valence-corrected chi connectivity index (χ2v) is 6.99. The number of hydrogen-bond acceptors (Lipinski definition) is 7. The van der Waals surface area contributed by atoms with E-state index in [9.17, 15) is 9.59 Å². The Hall–Kier alpha value is -3.72. The van der Waals surface area contributed by atoms with Crippen molar-refractivity contribution >= 4 is 11.9 Å². The van der Waals surface area contributed by atoms with Gasteiger partial charge < -0.3 is 29.2 Å². The van der Waals surface area contributed by atoms with Gasteiger partial charge in [-0.05, 0) is 30.7 Å². The number of ether oxygens (including phenoxy) is 4. The SMILES string of the molecule is COc1ccccc1OCCN1CCC(Oc2ccccc2OC)C1.O=C(O)/C=C/C(=O)O. The molecule has 9 nitrogen and oxygen atoms in total. The first-order valence-corrected chi connectivity index (χ1v) is 10.3. The van der Waals surface area contributed by atoms with Crippen molar-refractivity contribution in [3.8, 4) is 23.0 Å². The molecule has 0 spiro atoms. The van der Waals surface area contributed by atoms with E-state index < -0.39 is 11.9 Å². The Balaban J connectivity index is 0.000000414. The van der Waals surface area contributed by atoms with E-state index >= 15 is 0 Å². The van der Waals surface area contributed by atoms with E-state index in [2.05, 4.69) is 4.90 Å². The Kier molecular flexibility index (Phi) is 10.6. The van der Waals surface area contributed by atoms with Crippen LogP contribution in [0.4, 0.5) is 0 Å². The lowest BCUT2D eigenvalue weighted by Crippen LogP contribution is -2.28. The highest BCUT2D eigenvalue weighted by Gasteiger charge is 2.24. The molecule has 1 atom stereocenters. The number of methoxy groups -OCH3 is 2. The fourth-order valence-electron chi connectivity index (χ4n) is 3.16. The van der Waals surface area contributed by atoms with E-state index in [1.807, 2.05) is 48.5 Å². The van der Waals surface area contributed by atoms with Crippen LogP contribution >= 0.6 is 0 Å². The Morgan fingerprint density at radius 2 is 1.42 bits per heavy atom. The third kappa shape index (κ3) is 9.12. The quantitative estimate of drug-likeness (QED) is 0.518. The number of para-hydroxylation sites is 4. The summed E-state index contributed by atoms with van der Waals surface area (Å²) < 4.78 is 22.6. The second kappa shape index (κ2) is 13.6. The van der Waals surface area contributed by atoms with E-state index in [1.54, 1.807) is 14.2 Å². The zero-order valence-corrected chi connectivity index (χ0v) is 18.7. The lowest BCUT2D eigenvalue weighted by atomic mass is 10.3. The van der Waals surface area contributed by atoms with Crippen LogP contribution in [-0.2, 0) is 9.59 Å². The molecule has 1 heterocycles. The van der Waals surface area contributed by atoms with E-state index in [1.165, 1.54) is 0 Å². The third-order valence-corrected chi connectivity index (χ3v) is 4.69. The number of carboxylic acids is 2.